The number of halogens is 1. The molecule has 12 heteroatoms. The van der Waals surface area contributed by atoms with E-state index >= 15 is 0 Å². The van der Waals surface area contributed by atoms with Crippen LogP contribution in [-0.2, 0) is 20.0 Å². The Labute approximate surface area is 240 Å². The first kappa shape index (κ1) is 32.9. The highest BCUT2D eigenvalue weighted by Crippen LogP contribution is 2.46. The normalized spacial score (nSPS) is 25.8. The molecule has 2 bridgehead atoms. The summed E-state index contributed by atoms with van der Waals surface area (Å²) in [5.74, 6) is -5.26. The lowest BCUT2D eigenvalue weighted by Gasteiger charge is -2.47. The predicted molar refractivity (Wildman–Crippen MR) is 148 cm³/mol. The van der Waals surface area contributed by atoms with Crippen LogP contribution in [0.1, 0.15) is 57.9 Å². The number of likely N-dealkylation sites (N-methyl/N-ethyl adjacent to an activating group) is 1. The first-order valence-corrected chi connectivity index (χ1v) is 14.1. The van der Waals surface area contributed by atoms with Crippen molar-refractivity contribution in [1.29, 1.82) is 0 Å². The SMILES string of the molecule is CN1CCN(CC(C)(C)CN2C3CCC2CC(O)(c2ccc(F)cc2)C3)CC1.O=C(O)CC(O)(CC(=O)O)C(=O)O. The van der Waals surface area contributed by atoms with E-state index in [9.17, 15) is 23.9 Å². The summed E-state index contributed by atoms with van der Waals surface area (Å²) in [4.78, 5) is 38.2. The minimum absolute atomic E-state index is 0.238. The maximum Gasteiger partial charge on any atom is 0.336 e. The molecule has 0 aromatic heterocycles. The summed E-state index contributed by atoms with van der Waals surface area (Å²) < 4.78 is 13.3. The number of carboxylic acids is 3. The Morgan fingerprint density at radius 1 is 0.902 bits per heavy atom. The topological polar surface area (TPSA) is 162 Å². The molecule has 0 amide bonds. The largest absolute Gasteiger partial charge is 0.481 e. The van der Waals surface area contributed by atoms with Crippen LogP contribution in [0.15, 0.2) is 24.3 Å². The number of fused-ring (bicyclic) bond motifs is 2. The highest BCUT2D eigenvalue weighted by atomic mass is 19.1. The second-order valence-corrected chi connectivity index (χ2v) is 12.7. The quantitative estimate of drug-likeness (QED) is 0.273. The van der Waals surface area contributed by atoms with Crippen LogP contribution in [-0.4, -0.2) is 122 Å². The number of aliphatic carboxylic acids is 3. The van der Waals surface area contributed by atoms with Gasteiger partial charge in [-0.05, 0) is 55.8 Å². The summed E-state index contributed by atoms with van der Waals surface area (Å²) >= 11 is 0. The highest BCUT2D eigenvalue weighted by molar-refractivity contribution is 5.88. The minimum atomic E-state index is -2.74. The number of carboxylic acid groups (broad SMARTS) is 3. The third-order valence-corrected chi connectivity index (χ3v) is 8.44. The molecule has 0 aliphatic carbocycles. The van der Waals surface area contributed by atoms with Gasteiger partial charge in [0.05, 0.1) is 18.4 Å². The molecule has 2 atom stereocenters. The third-order valence-electron chi connectivity index (χ3n) is 8.44. The van der Waals surface area contributed by atoms with Gasteiger partial charge >= 0.3 is 17.9 Å². The van der Waals surface area contributed by atoms with E-state index < -0.39 is 42.0 Å². The van der Waals surface area contributed by atoms with Crippen LogP contribution in [0, 0.1) is 11.2 Å². The lowest BCUT2D eigenvalue weighted by molar-refractivity contribution is -0.170. The summed E-state index contributed by atoms with van der Waals surface area (Å²) in [6.07, 6.45) is 1.57. The van der Waals surface area contributed by atoms with E-state index in [0.717, 1.165) is 57.7 Å². The van der Waals surface area contributed by atoms with Gasteiger partial charge in [-0.15, -0.1) is 0 Å². The van der Waals surface area contributed by atoms with Crippen molar-refractivity contribution in [3.8, 4) is 0 Å². The standard InChI is InChI=1S/C23H36FN3O.C6H8O7/c1-22(2,16-26-12-10-25(3)11-13-26)17-27-20-8-9-21(27)15-23(28,14-20)18-4-6-19(24)7-5-18;7-3(8)1-6(13,5(11)12)2-4(9)10/h4-7,20-21,28H,8-17H2,1-3H3;13H,1-2H2,(H,7,8)(H,9,10)(H,11,12). The molecular weight excluding hydrogens is 537 g/mol. The van der Waals surface area contributed by atoms with E-state index in [1.165, 1.54) is 25.0 Å². The van der Waals surface area contributed by atoms with Gasteiger partial charge in [0, 0.05) is 51.4 Å². The van der Waals surface area contributed by atoms with E-state index in [2.05, 4.69) is 35.6 Å². The molecule has 1 aromatic carbocycles. The van der Waals surface area contributed by atoms with Crippen LogP contribution in [0.2, 0.25) is 0 Å². The Kier molecular flexibility index (Phi) is 10.5. The number of aliphatic hydroxyl groups is 2. The summed E-state index contributed by atoms with van der Waals surface area (Å²) in [6.45, 7) is 11.7. The van der Waals surface area contributed by atoms with Crippen molar-refractivity contribution in [2.45, 2.75) is 75.7 Å². The fourth-order valence-electron chi connectivity index (χ4n) is 6.44. The van der Waals surface area contributed by atoms with Gasteiger partial charge in [0.2, 0.25) is 0 Å². The van der Waals surface area contributed by atoms with Crippen LogP contribution in [0.3, 0.4) is 0 Å². The molecule has 0 spiro atoms. The Hall–Kier alpha value is -2.64. The van der Waals surface area contributed by atoms with E-state index in [1.807, 2.05) is 0 Å². The zero-order chi connectivity index (χ0) is 30.6. The van der Waals surface area contributed by atoms with Gasteiger partial charge in [0.15, 0.2) is 5.60 Å². The molecule has 4 rings (SSSR count). The number of rotatable bonds is 10. The Morgan fingerprint density at radius 2 is 1.39 bits per heavy atom. The first-order valence-electron chi connectivity index (χ1n) is 14.1. The van der Waals surface area contributed by atoms with Crippen LogP contribution >= 0.6 is 0 Å². The fourth-order valence-corrected chi connectivity index (χ4v) is 6.44. The minimum Gasteiger partial charge on any atom is -0.481 e. The van der Waals surface area contributed by atoms with Crippen molar-refractivity contribution in [1.82, 2.24) is 14.7 Å². The smallest absolute Gasteiger partial charge is 0.336 e. The van der Waals surface area contributed by atoms with Crippen LogP contribution in [0.4, 0.5) is 4.39 Å². The van der Waals surface area contributed by atoms with Gasteiger partial charge in [-0.25, -0.2) is 9.18 Å². The molecule has 3 heterocycles. The molecule has 11 nitrogen and oxygen atoms in total. The van der Waals surface area contributed by atoms with E-state index in [-0.39, 0.29) is 11.2 Å². The second kappa shape index (κ2) is 13.1. The monoisotopic (exact) mass is 581 g/mol. The number of hydrogen-bond donors (Lipinski definition) is 5. The number of piperazine rings is 1. The van der Waals surface area contributed by atoms with Gasteiger partial charge in [-0.2, -0.15) is 0 Å². The molecule has 0 saturated carbocycles. The third kappa shape index (κ3) is 8.92. The van der Waals surface area contributed by atoms with Gasteiger partial charge in [0.25, 0.3) is 0 Å². The van der Waals surface area contributed by atoms with Crippen molar-refractivity contribution in [2.75, 3.05) is 46.3 Å². The fraction of sp³-hybridized carbons (Fsp3) is 0.690. The molecule has 3 aliphatic heterocycles. The van der Waals surface area contributed by atoms with E-state index in [4.69, 9.17) is 20.4 Å². The molecule has 3 fully saturated rings. The van der Waals surface area contributed by atoms with Crippen molar-refractivity contribution >= 4 is 17.9 Å². The number of nitrogens with zero attached hydrogens (tertiary/aromatic N) is 3. The lowest BCUT2D eigenvalue weighted by atomic mass is 9.79. The van der Waals surface area contributed by atoms with Crippen LogP contribution < -0.4 is 0 Å². The summed E-state index contributed by atoms with van der Waals surface area (Å²) in [5, 5.41) is 45.2. The summed E-state index contributed by atoms with van der Waals surface area (Å²) in [7, 11) is 2.20. The molecule has 41 heavy (non-hydrogen) atoms. The first-order chi connectivity index (χ1) is 19.0. The van der Waals surface area contributed by atoms with Gasteiger partial charge in [0.1, 0.15) is 5.82 Å². The average Bonchev–Trinajstić information content (AvgIpc) is 3.08. The molecule has 5 N–H and O–H groups in total. The van der Waals surface area contributed by atoms with Crippen molar-refractivity contribution in [3.63, 3.8) is 0 Å². The molecule has 1 aromatic rings. The molecule has 230 valence electrons. The Balaban J connectivity index is 0.000000302. The number of benzene rings is 1. The van der Waals surface area contributed by atoms with Crippen LogP contribution in [0.25, 0.3) is 0 Å². The van der Waals surface area contributed by atoms with Crippen molar-refractivity contribution < 1.29 is 44.3 Å². The van der Waals surface area contributed by atoms with E-state index in [0.29, 0.717) is 12.1 Å². The zero-order valence-electron chi connectivity index (χ0n) is 24.1. The molecular formula is C29H44FN3O8. The maximum absolute atomic E-state index is 13.3. The molecule has 3 saturated heterocycles. The maximum atomic E-state index is 13.3. The van der Waals surface area contributed by atoms with Gasteiger partial charge in [-0.3, -0.25) is 14.5 Å². The predicted octanol–water partition coefficient (Wildman–Crippen LogP) is 1.67. The number of hydrogen-bond acceptors (Lipinski definition) is 8. The zero-order valence-corrected chi connectivity index (χ0v) is 24.1. The lowest BCUT2D eigenvalue weighted by Crippen LogP contribution is -2.54. The Bertz CT molecular complexity index is 1040. The van der Waals surface area contributed by atoms with Crippen molar-refractivity contribution in [3.05, 3.63) is 35.6 Å². The Morgan fingerprint density at radius 3 is 1.83 bits per heavy atom. The van der Waals surface area contributed by atoms with Crippen LogP contribution in [0.5, 0.6) is 0 Å². The molecule has 0 radical (unpaired) electrons. The van der Waals surface area contributed by atoms with Crippen molar-refractivity contribution in [2.24, 2.45) is 5.41 Å². The molecule has 3 aliphatic rings. The second-order valence-electron chi connectivity index (χ2n) is 12.7. The summed E-state index contributed by atoms with van der Waals surface area (Å²) in [5.41, 5.74) is -2.43. The summed E-state index contributed by atoms with van der Waals surface area (Å²) in [6, 6.07) is 7.34. The number of carbonyl (C=O) groups is 3. The average molecular weight is 582 g/mol. The van der Waals surface area contributed by atoms with Gasteiger partial charge < -0.3 is 35.3 Å². The number of piperidine rings is 1. The van der Waals surface area contributed by atoms with Gasteiger partial charge in [-0.1, -0.05) is 26.0 Å². The van der Waals surface area contributed by atoms with E-state index in [1.54, 1.807) is 12.1 Å². The molecule has 2 unspecified atom stereocenters. The highest BCUT2D eigenvalue weighted by Gasteiger charge is 2.49.